The number of hydrogen-bond acceptors (Lipinski definition) is 9. The van der Waals surface area contributed by atoms with Crippen LogP contribution in [0.25, 0.3) is 22.4 Å². The van der Waals surface area contributed by atoms with Crippen molar-refractivity contribution in [3.8, 4) is 40.3 Å². The third-order valence-electron chi connectivity index (χ3n) is 5.53. The molecule has 0 spiro atoms. The van der Waals surface area contributed by atoms with E-state index in [2.05, 4.69) is 27.4 Å². The number of ether oxygens (including phenoxy) is 1. The van der Waals surface area contributed by atoms with Crippen LogP contribution in [0.15, 0.2) is 58.9 Å². The fraction of sp³-hybridized carbons (Fsp3) is 0.148. The number of amides is 1. The number of methoxy groups -OCH3 is 1. The zero-order valence-electron chi connectivity index (χ0n) is 20.3. The minimum Gasteiger partial charge on any atom is -0.496 e. The van der Waals surface area contributed by atoms with Gasteiger partial charge in [-0.3, -0.25) is 4.79 Å². The molecule has 37 heavy (non-hydrogen) atoms. The Bertz CT molecular complexity index is 1550. The van der Waals surface area contributed by atoms with Gasteiger partial charge < -0.3 is 15.8 Å². The van der Waals surface area contributed by atoms with Gasteiger partial charge in [0, 0.05) is 16.5 Å². The number of carbonyl (C=O) groups excluding carboxylic acids is 1. The Morgan fingerprint density at radius 3 is 2.49 bits per heavy atom. The molecule has 0 aliphatic carbocycles. The first kappa shape index (κ1) is 25.7. The topological polar surface area (TPSA) is 138 Å². The quantitative estimate of drug-likeness (QED) is 0.295. The maximum Gasteiger partial charge on any atom is 0.239 e. The van der Waals surface area contributed by atoms with Gasteiger partial charge >= 0.3 is 0 Å². The van der Waals surface area contributed by atoms with Gasteiger partial charge in [0.2, 0.25) is 5.91 Å². The van der Waals surface area contributed by atoms with Gasteiger partial charge in [0.15, 0.2) is 5.13 Å². The van der Waals surface area contributed by atoms with Crippen LogP contribution in [0.2, 0.25) is 0 Å². The Kier molecular flexibility index (Phi) is 7.73. The monoisotopic (exact) mass is 526 g/mol. The van der Waals surface area contributed by atoms with Crippen LogP contribution in [0.1, 0.15) is 23.6 Å². The molecule has 0 bridgehead atoms. The van der Waals surface area contributed by atoms with Crippen molar-refractivity contribution in [1.82, 2.24) is 9.97 Å². The highest BCUT2D eigenvalue weighted by Gasteiger charge is 2.24. The predicted octanol–water partition coefficient (Wildman–Crippen LogP) is 5.63. The first-order valence-corrected chi connectivity index (χ1v) is 12.9. The molecule has 4 aromatic rings. The third kappa shape index (κ3) is 5.41. The summed E-state index contributed by atoms with van der Waals surface area (Å²) in [5.41, 5.74) is 10.1. The highest BCUT2D eigenvalue weighted by atomic mass is 32.2. The van der Waals surface area contributed by atoms with Crippen molar-refractivity contribution in [3.63, 3.8) is 0 Å². The Hall–Kier alpha value is -4.38. The summed E-state index contributed by atoms with van der Waals surface area (Å²) in [5.74, 6) is 0.387. The van der Waals surface area contributed by atoms with E-state index in [0.29, 0.717) is 27.7 Å². The number of nitrogens with zero attached hydrogens (tertiary/aromatic N) is 4. The Morgan fingerprint density at radius 1 is 1.11 bits per heavy atom. The summed E-state index contributed by atoms with van der Waals surface area (Å²) in [5, 5.41) is 24.5. The molecule has 2 aromatic heterocycles. The Balaban J connectivity index is 1.59. The first-order valence-electron chi connectivity index (χ1n) is 11.1. The number of nitriles is 2. The van der Waals surface area contributed by atoms with Crippen molar-refractivity contribution in [2.75, 3.05) is 18.2 Å². The maximum atomic E-state index is 13.0. The normalized spacial score (nSPS) is 11.3. The summed E-state index contributed by atoms with van der Waals surface area (Å²) in [7, 11) is 1.59. The summed E-state index contributed by atoms with van der Waals surface area (Å²) < 4.78 is 5.40. The number of aromatic nitrogens is 2. The number of carbonyl (C=O) groups is 1. The number of hydrogen-bond donors (Lipinski definition) is 2. The Labute approximate surface area is 222 Å². The molecule has 1 atom stereocenters. The number of pyridine rings is 1. The average Bonchev–Trinajstić information content (AvgIpc) is 3.37. The lowest BCUT2D eigenvalue weighted by Crippen LogP contribution is -2.22. The number of benzene rings is 2. The standard InChI is InChI=1S/C27H22N6O2S2/c1-15-8-10-17(11-9-15)23-19(12-28)24(30)32-26(20(23)13-29)37-16(2)25(34)33-27-31-21(14-36-27)18-6-4-5-7-22(18)35-3/h4-11,14,16H,1-3H3,(H2,30,32)(H,31,33,34). The smallest absolute Gasteiger partial charge is 0.239 e. The summed E-state index contributed by atoms with van der Waals surface area (Å²) in [4.78, 5) is 21.8. The molecule has 3 N–H and O–H groups in total. The second-order valence-electron chi connectivity index (χ2n) is 8.00. The highest BCUT2D eigenvalue weighted by molar-refractivity contribution is 8.00. The van der Waals surface area contributed by atoms with Crippen LogP contribution < -0.4 is 15.8 Å². The van der Waals surface area contributed by atoms with Crippen LogP contribution in [0, 0.1) is 29.6 Å². The molecule has 2 aromatic carbocycles. The Morgan fingerprint density at radius 2 is 1.81 bits per heavy atom. The van der Waals surface area contributed by atoms with Crippen molar-refractivity contribution < 1.29 is 9.53 Å². The van der Waals surface area contributed by atoms with Gasteiger partial charge in [-0.15, -0.1) is 11.3 Å². The lowest BCUT2D eigenvalue weighted by atomic mass is 9.96. The molecule has 0 saturated heterocycles. The molecule has 0 radical (unpaired) electrons. The molecule has 2 heterocycles. The molecule has 10 heteroatoms. The summed E-state index contributed by atoms with van der Waals surface area (Å²) in [6.07, 6.45) is 0. The molecule has 0 saturated carbocycles. The fourth-order valence-corrected chi connectivity index (χ4v) is 5.26. The van der Waals surface area contributed by atoms with E-state index >= 15 is 0 Å². The summed E-state index contributed by atoms with van der Waals surface area (Å²) in [6, 6.07) is 19.2. The number of nitrogens with one attached hydrogen (secondary N) is 1. The predicted molar refractivity (Wildman–Crippen MR) is 146 cm³/mol. The van der Waals surface area contributed by atoms with Crippen molar-refractivity contribution >= 4 is 40.0 Å². The van der Waals surface area contributed by atoms with E-state index in [4.69, 9.17) is 10.5 Å². The molecule has 184 valence electrons. The van der Waals surface area contributed by atoms with Crippen molar-refractivity contribution in [1.29, 1.82) is 10.5 Å². The van der Waals surface area contributed by atoms with Gasteiger partial charge in [-0.25, -0.2) is 9.97 Å². The lowest BCUT2D eigenvalue weighted by Gasteiger charge is -2.15. The largest absolute Gasteiger partial charge is 0.496 e. The zero-order valence-corrected chi connectivity index (χ0v) is 21.9. The highest BCUT2D eigenvalue weighted by Crippen LogP contribution is 2.37. The second-order valence-corrected chi connectivity index (χ2v) is 10.2. The number of thiazole rings is 1. The average molecular weight is 527 g/mol. The number of anilines is 2. The zero-order chi connectivity index (χ0) is 26.5. The molecular formula is C27H22N6O2S2. The van der Waals surface area contributed by atoms with Crippen molar-refractivity contribution in [2.45, 2.75) is 24.1 Å². The van der Waals surface area contributed by atoms with E-state index < -0.39 is 5.25 Å². The van der Waals surface area contributed by atoms with Crippen LogP contribution in [0.3, 0.4) is 0 Å². The molecule has 0 aliphatic heterocycles. The van der Waals surface area contributed by atoms with E-state index in [1.165, 1.54) is 11.3 Å². The van der Waals surface area contributed by atoms with E-state index in [1.807, 2.05) is 60.8 Å². The second kappa shape index (κ2) is 11.1. The van der Waals surface area contributed by atoms with E-state index in [0.717, 1.165) is 22.9 Å². The van der Waals surface area contributed by atoms with Crippen molar-refractivity contribution in [2.24, 2.45) is 0 Å². The first-order chi connectivity index (χ1) is 17.9. The fourth-order valence-electron chi connectivity index (χ4n) is 3.63. The SMILES string of the molecule is COc1ccccc1-c1csc(NC(=O)C(C)Sc2nc(N)c(C#N)c(-c3ccc(C)cc3)c2C#N)n1. The molecule has 1 unspecified atom stereocenters. The number of nitrogens with two attached hydrogens (primary N) is 1. The molecule has 0 fully saturated rings. The van der Waals surface area contributed by atoms with Gasteiger partial charge in [0.25, 0.3) is 0 Å². The van der Waals surface area contributed by atoms with Gasteiger partial charge in [-0.05, 0) is 31.5 Å². The van der Waals surface area contributed by atoms with E-state index in [9.17, 15) is 15.3 Å². The minimum absolute atomic E-state index is 0.00792. The van der Waals surface area contributed by atoms with Crippen LogP contribution in [-0.2, 0) is 4.79 Å². The van der Waals surface area contributed by atoms with Crippen LogP contribution in [-0.4, -0.2) is 28.2 Å². The number of nitrogen functional groups attached to an aromatic ring is 1. The van der Waals surface area contributed by atoms with Crippen LogP contribution in [0.4, 0.5) is 10.9 Å². The summed E-state index contributed by atoms with van der Waals surface area (Å²) >= 11 is 2.40. The molecule has 1 amide bonds. The van der Waals surface area contributed by atoms with Crippen LogP contribution >= 0.6 is 23.1 Å². The van der Waals surface area contributed by atoms with Gasteiger partial charge in [-0.2, -0.15) is 10.5 Å². The van der Waals surface area contributed by atoms with Crippen LogP contribution in [0.5, 0.6) is 5.75 Å². The van der Waals surface area contributed by atoms with E-state index in [1.54, 1.807) is 14.0 Å². The number of thioether (sulfide) groups is 1. The van der Waals surface area contributed by atoms with Gasteiger partial charge in [-0.1, -0.05) is 53.7 Å². The number of rotatable bonds is 7. The molecular weight excluding hydrogens is 504 g/mol. The lowest BCUT2D eigenvalue weighted by molar-refractivity contribution is -0.115. The number of aryl methyl sites for hydroxylation is 1. The maximum absolute atomic E-state index is 13.0. The van der Waals surface area contributed by atoms with Gasteiger partial charge in [0.05, 0.1) is 23.6 Å². The molecule has 0 aliphatic rings. The minimum atomic E-state index is -0.628. The third-order valence-corrected chi connectivity index (χ3v) is 7.37. The summed E-state index contributed by atoms with van der Waals surface area (Å²) in [6.45, 7) is 3.65. The van der Waals surface area contributed by atoms with E-state index in [-0.39, 0.29) is 27.9 Å². The molecule has 4 rings (SSSR count). The van der Waals surface area contributed by atoms with Gasteiger partial charge in [0.1, 0.15) is 34.3 Å². The number of para-hydroxylation sites is 1. The molecule has 8 nitrogen and oxygen atoms in total. The van der Waals surface area contributed by atoms with Crippen molar-refractivity contribution in [3.05, 3.63) is 70.6 Å².